The minimum Gasteiger partial charge on any atom is -0.399 e. The number of nitrogen functional groups attached to an aromatic ring is 1. The Morgan fingerprint density at radius 3 is 2.76 bits per heavy atom. The maximum atomic E-state index is 12.3. The summed E-state index contributed by atoms with van der Waals surface area (Å²) in [6.45, 7) is 1.26. The van der Waals surface area contributed by atoms with Gasteiger partial charge in [-0.15, -0.1) is 0 Å². The lowest BCUT2D eigenvalue weighted by Gasteiger charge is -2.14. The van der Waals surface area contributed by atoms with Gasteiger partial charge >= 0.3 is 0 Å². The third kappa shape index (κ3) is 2.71. The molecule has 1 aromatic carbocycles. The van der Waals surface area contributed by atoms with E-state index in [4.69, 9.17) is 5.73 Å². The van der Waals surface area contributed by atoms with Crippen molar-refractivity contribution in [3.05, 3.63) is 18.2 Å². The number of nitrogens with one attached hydrogen (secondary N) is 1. The van der Waals surface area contributed by atoms with Crippen molar-refractivity contribution in [2.24, 2.45) is 0 Å². The van der Waals surface area contributed by atoms with Gasteiger partial charge in [-0.05, 0) is 31.0 Å². The Morgan fingerprint density at radius 1 is 1.33 bits per heavy atom. The Morgan fingerprint density at radius 2 is 2.05 bits per heavy atom. The highest BCUT2D eigenvalue weighted by Crippen LogP contribution is 2.18. The lowest BCUT2D eigenvalue weighted by Crippen LogP contribution is -2.33. The minimum absolute atomic E-state index is 0.185. The van der Waals surface area contributed by atoms with Crippen molar-refractivity contribution in [2.75, 3.05) is 24.6 Å². The quantitative estimate of drug-likeness (QED) is 0.804. The third-order valence-corrected chi connectivity index (χ3v) is 4.96. The van der Waals surface area contributed by atoms with E-state index in [9.17, 15) is 13.2 Å². The molecule has 3 N–H and O–H groups in total. The predicted octanol–water partition coefficient (Wildman–Crippen LogP) is 0.541. The number of rotatable bonds is 3. The highest BCUT2D eigenvalue weighted by Gasteiger charge is 2.27. The summed E-state index contributed by atoms with van der Waals surface area (Å²) in [4.78, 5) is 20.3. The molecule has 1 aliphatic heterocycles. The van der Waals surface area contributed by atoms with E-state index in [0.29, 0.717) is 29.8 Å². The summed E-state index contributed by atoms with van der Waals surface area (Å²) < 4.78 is 24.6. The molecular weight excluding hydrogens is 292 g/mol. The van der Waals surface area contributed by atoms with Gasteiger partial charge in [0.2, 0.25) is 20.9 Å². The summed E-state index contributed by atoms with van der Waals surface area (Å²) in [5.41, 5.74) is 7.22. The van der Waals surface area contributed by atoms with Gasteiger partial charge in [-0.25, -0.2) is 13.4 Å². The van der Waals surface area contributed by atoms with Gasteiger partial charge in [0.1, 0.15) is 5.75 Å². The van der Waals surface area contributed by atoms with Gasteiger partial charge in [-0.1, -0.05) is 0 Å². The van der Waals surface area contributed by atoms with Crippen LogP contribution in [-0.4, -0.2) is 48.0 Å². The Balaban J connectivity index is 1.87. The maximum Gasteiger partial charge on any atom is 0.238 e. The fraction of sp³-hybridized carbons (Fsp3) is 0.385. The Hall–Kier alpha value is -2.09. The van der Waals surface area contributed by atoms with Crippen molar-refractivity contribution in [3.8, 4) is 0 Å². The second-order valence-electron chi connectivity index (χ2n) is 5.17. The van der Waals surface area contributed by atoms with Crippen molar-refractivity contribution in [1.82, 2.24) is 14.9 Å². The third-order valence-electron chi connectivity index (χ3n) is 3.55. The van der Waals surface area contributed by atoms with E-state index < -0.39 is 15.6 Å². The smallest absolute Gasteiger partial charge is 0.238 e. The number of fused-ring (bicyclic) bond motifs is 1. The molecule has 8 heteroatoms. The highest BCUT2D eigenvalue weighted by molar-refractivity contribution is 7.91. The number of amides is 1. The lowest BCUT2D eigenvalue weighted by atomic mass is 10.3. The normalized spacial score (nSPS) is 15.7. The van der Waals surface area contributed by atoms with Crippen LogP contribution in [0, 0.1) is 0 Å². The standard InChI is InChI=1S/C13H16N4O3S/c14-9-3-4-10-11(7-9)16-13(15-10)21(19,20)8-12(18)17-5-1-2-6-17/h3-4,7H,1-2,5-6,8,14H2,(H,15,16). The van der Waals surface area contributed by atoms with Crippen LogP contribution < -0.4 is 5.73 Å². The van der Waals surface area contributed by atoms with Gasteiger partial charge < -0.3 is 15.6 Å². The molecule has 21 heavy (non-hydrogen) atoms. The minimum atomic E-state index is -3.77. The molecule has 0 saturated carbocycles. The molecule has 1 amide bonds. The Bertz CT molecular complexity index is 791. The zero-order chi connectivity index (χ0) is 15.0. The van der Waals surface area contributed by atoms with Crippen LogP contribution in [0.1, 0.15) is 12.8 Å². The van der Waals surface area contributed by atoms with Crippen molar-refractivity contribution in [2.45, 2.75) is 18.0 Å². The van der Waals surface area contributed by atoms with E-state index in [1.807, 2.05) is 0 Å². The van der Waals surface area contributed by atoms with Crippen LogP contribution in [0.5, 0.6) is 0 Å². The zero-order valence-electron chi connectivity index (χ0n) is 11.4. The number of anilines is 1. The van der Waals surface area contributed by atoms with Gasteiger partial charge in [0.25, 0.3) is 0 Å². The summed E-state index contributed by atoms with van der Waals surface area (Å²) in [6, 6.07) is 4.90. The van der Waals surface area contributed by atoms with Crippen molar-refractivity contribution >= 4 is 32.5 Å². The SMILES string of the molecule is Nc1ccc2nc(S(=O)(=O)CC(=O)N3CCCC3)[nH]c2c1. The van der Waals surface area contributed by atoms with E-state index in [1.165, 1.54) is 0 Å². The van der Waals surface area contributed by atoms with Gasteiger partial charge in [0, 0.05) is 18.8 Å². The number of hydrogen-bond acceptors (Lipinski definition) is 5. The second kappa shape index (κ2) is 5.03. The molecular formula is C13H16N4O3S. The molecule has 3 rings (SSSR count). The monoisotopic (exact) mass is 308 g/mol. The first-order valence-electron chi connectivity index (χ1n) is 6.71. The molecule has 1 saturated heterocycles. The van der Waals surface area contributed by atoms with Crippen molar-refractivity contribution < 1.29 is 13.2 Å². The van der Waals surface area contributed by atoms with Crippen molar-refractivity contribution in [3.63, 3.8) is 0 Å². The summed E-state index contributed by atoms with van der Waals surface area (Å²) in [5.74, 6) is -0.921. The number of likely N-dealkylation sites (tertiary alicyclic amines) is 1. The van der Waals surface area contributed by atoms with E-state index in [0.717, 1.165) is 12.8 Å². The first-order valence-corrected chi connectivity index (χ1v) is 8.37. The summed E-state index contributed by atoms with van der Waals surface area (Å²) in [7, 11) is -3.77. The first-order chi connectivity index (χ1) is 9.95. The largest absolute Gasteiger partial charge is 0.399 e. The van der Waals surface area contributed by atoms with Gasteiger partial charge in [-0.3, -0.25) is 4.79 Å². The summed E-state index contributed by atoms with van der Waals surface area (Å²) in [6.07, 6.45) is 1.85. The number of H-pyrrole nitrogens is 1. The number of sulfone groups is 1. The molecule has 1 aliphatic rings. The Labute approximate surface area is 122 Å². The number of carbonyl (C=O) groups excluding carboxylic acids is 1. The summed E-state index contributed by atoms with van der Waals surface area (Å²) >= 11 is 0. The first kappa shape index (κ1) is 13.9. The van der Waals surface area contributed by atoms with E-state index >= 15 is 0 Å². The van der Waals surface area contributed by atoms with E-state index in [2.05, 4.69) is 9.97 Å². The molecule has 0 unspecified atom stereocenters. The molecule has 1 aromatic heterocycles. The number of imidazole rings is 1. The average molecular weight is 308 g/mol. The number of nitrogens with two attached hydrogens (primary N) is 1. The van der Waals surface area contributed by atoms with Gasteiger partial charge in [0.05, 0.1) is 11.0 Å². The van der Waals surface area contributed by atoms with E-state index in [1.54, 1.807) is 23.1 Å². The zero-order valence-corrected chi connectivity index (χ0v) is 12.2. The molecule has 7 nitrogen and oxygen atoms in total. The molecule has 1 fully saturated rings. The average Bonchev–Trinajstić information content (AvgIpc) is 3.07. The molecule has 0 spiro atoms. The molecule has 0 aliphatic carbocycles. The summed E-state index contributed by atoms with van der Waals surface area (Å²) in [5, 5.41) is -0.185. The Kier molecular flexibility index (Phi) is 3.32. The fourth-order valence-corrected chi connectivity index (χ4v) is 3.59. The molecule has 0 radical (unpaired) electrons. The van der Waals surface area contributed by atoms with Crippen LogP contribution in [-0.2, 0) is 14.6 Å². The number of hydrogen-bond donors (Lipinski definition) is 2. The number of nitrogens with zero attached hydrogens (tertiary/aromatic N) is 2. The van der Waals surface area contributed by atoms with E-state index in [-0.39, 0.29) is 11.1 Å². The molecule has 112 valence electrons. The lowest BCUT2D eigenvalue weighted by molar-refractivity contribution is -0.127. The van der Waals surface area contributed by atoms with Gasteiger partial charge in [0.15, 0.2) is 0 Å². The maximum absolute atomic E-state index is 12.3. The highest BCUT2D eigenvalue weighted by atomic mass is 32.2. The van der Waals surface area contributed by atoms with Crippen LogP contribution in [0.25, 0.3) is 11.0 Å². The number of aromatic nitrogens is 2. The number of benzene rings is 1. The van der Waals surface area contributed by atoms with Crippen LogP contribution in [0.4, 0.5) is 5.69 Å². The topological polar surface area (TPSA) is 109 Å². The van der Waals surface area contributed by atoms with Gasteiger partial charge in [-0.2, -0.15) is 0 Å². The molecule has 0 bridgehead atoms. The number of aromatic amines is 1. The second-order valence-corrected chi connectivity index (χ2v) is 7.07. The molecule has 2 aromatic rings. The molecule has 0 atom stereocenters. The predicted molar refractivity (Wildman–Crippen MR) is 78.4 cm³/mol. The van der Waals surface area contributed by atoms with Crippen molar-refractivity contribution in [1.29, 1.82) is 0 Å². The molecule has 2 heterocycles. The van der Waals surface area contributed by atoms with Crippen LogP contribution in [0.3, 0.4) is 0 Å². The van der Waals surface area contributed by atoms with Crippen LogP contribution in [0.15, 0.2) is 23.4 Å². The number of carbonyl (C=O) groups is 1. The van der Waals surface area contributed by atoms with Crippen LogP contribution in [0.2, 0.25) is 0 Å². The fourth-order valence-electron chi connectivity index (χ4n) is 2.44. The van der Waals surface area contributed by atoms with Crippen LogP contribution >= 0.6 is 0 Å².